The summed E-state index contributed by atoms with van der Waals surface area (Å²) in [5.74, 6) is 0.483. The number of rotatable bonds is 11. The van der Waals surface area contributed by atoms with E-state index < -0.39 is 0 Å². The molecule has 0 aliphatic carbocycles. The monoisotopic (exact) mass is 434 g/mol. The molecule has 0 aliphatic heterocycles. The lowest BCUT2D eigenvalue weighted by atomic mass is 10.1. The highest BCUT2D eigenvalue weighted by Crippen LogP contribution is 2.21. The van der Waals surface area contributed by atoms with E-state index in [1.54, 1.807) is 60.7 Å². The minimum atomic E-state index is -0.312. The van der Waals surface area contributed by atoms with Gasteiger partial charge in [0.1, 0.15) is 18.1 Å². The number of anilines is 2. The second-order valence-corrected chi connectivity index (χ2v) is 6.73. The Morgan fingerprint density at radius 2 is 1.50 bits per heavy atom. The Bertz CT molecular complexity index is 1020. The number of nitrogens with one attached hydrogen (secondary N) is 2. The number of carbonyl (C=O) groups excluding carboxylic acids is 2. The zero-order valence-electron chi connectivity index (χ0n) is 17.9. The highest BCUT2D eigenvalue weighted by Gasteiger charge is 2.13. The van der Waals surface area contributed by atoms with Crippen LogP contribution in [0.3, 0.4) is 0 Å². The fourth-order valence-corrected chi connectivity index (χ4v) is 2.87. The van der Waals surface area contributed by atoms with Gasteiger partial charge in [0.2, 0.25) is 0 Å². The van der Waals surface area contributed by atoms with Gasteiger partial charge in [0.05, 0.1) is 12.2 Å². The third kappa shape index (κ3) is 7.14. The Kier molecular flexibility index (Phi) is 8.65. The molecule has 0 aromatic heterocycles. The van der Waals surface area contributed by atoms with Crippen molar-refractivity contribution < 1.29 is 23.8 Å². The van der Waals surface area contributed by atoms with Gasteiger partial charge < -0.3 is 24.8 Å². The molecule has 7 nitrogen and oxygen atoms in total. The zero-order chi connectivity index (χ0) is 22.6. The largest absolute Gasteiger partial charge is 0.490 e. The molecule has 32 heavy (non-hydrogen) atoms. The van der Waals surface area contributed by atoms with E-state index in [0.29, 0.717) is 48.3 Å². The van der Waals surface area contributed by atoms with E-state index in [1.807, 2.05) is 25.1 Å². The number of carbonyl (C=O) groups is 2. The van der Waals surface area contributed by atoms with Gasteiger partial charge in [-0.1, -0.05) is 36.4 Å². The molecule has 0 heterocycles. The molecule has 3 aromatic carbocycles. The van der Waals surface area contributed by atoms with Crippen molar-refractivity contribution in [3.05, 3.63) is 84.4 Å². The summed E-state index contributed by atoms with van der Waals surface area (Å²) in [4.78, 5) is 25.0. The van der Waals surface area contributed by atoms with Crippen LogP contribution in [0.15, 0.2) is 78.9 Å². The van der Waals surface area contributed by atoms with E-state index in [4.69, 9.17) is 14.2 Å². The Hall–Kier alpha value is -3.84. The molecule has 7 heteroatoms. The number of amides is 2. The van der Waals surface area contributed by atoms with E-state index in [2.05, 4.69) is 10.6 Å². The Morgan fingerprint density at radius 3 is 2.28 bits per heavy atom. The normalized spacial score (nSPS) is 10.3. The van der Waals surface area contributed by atoms with Crippen LogP contribution in [-0.4, -0.2) is 38.2 Å². The predicted molar refractivity (Wildman–Crippen MR) is 123 cm³/mol. The lowest BCUT2D eigenvalue weighted by Crippen LogP contribution is -2.20. The summed E-state index contributed by atoms with van der Waals surface area (Å²) in [5.41, 5.74) is 1.50. The maximum absolute atomic E-state index is 12.8. The maximum atomic E-state index is 12.8. The Balaban J connectivity index is 1.57. The van der Waals surface area contributed by atoms with E-state index >= 15 is 0 Å². The fourth-order valence-electron chi connectivity index (χ4n) is 2.87. The fraction of sp³-hybridized carbons (Fsp3) is 0.200. The summed E-state index contributed by atoms with van der Waals surface area (Å²) in [6.45, 7) is 3.20. The second-order valence-electron chi connectivity index (χ2n) is 6.73. The van der Waals surface area contributed by atoms with Crippen LogP contribution in [0.25, 0.3) is 0 Å². The van der Waals surface area contributed by atoms with Crippen molar-refractivity contribution in [2.45, 2.75) is 6.92 Å². The van der Waals surface area contributed by atoms with E-state index in [1.165, 1.54) is 0 Å². The Morgan fingerprint density at radius 1 is 0.781 bits per heavy atom. The third-order valence-corrected chi connectivity index (χ3v) is 4.34. The van der Waals surface area contributed by atoms with Crippen molar-refractivity contribution in [3.63, 3.8) is 0 Å². The van der Waals surface area contributed by atoms with Crippen molar-refractivity contribution in [2.75, 3.05) is 37.1 Å². The Labute approximate surface area is 187 Å². The van der Waals surface area contributed by atoms with Gasteiger partial charge in [-0.15, -0.1) is 0 Å². The van der Waals surface area contributed by atoms with Crippen molar-refractivity contribution in [2.24, 2.45) is 0 Å². The van der Waals surface area contributed by atoms with Crippen molar-refractivity contribution in [1.29, 1.82) is 0 Å². The number of para-hydroxylation sites is 2. The van der Waals surface area contributed by atoms with E-state index in [9.17, 15) is 9.59 Å². The van der Waals surface area contributed by atoms with Gasteiger partial charge in [0.15, 0.2) is 6.61 Å². The molecule has 2 amide bonds. The van der Waals surface area contributed by atoms with Crippen LogP contribution in [0, 0.1) is 0 Å². The van der Waals surface area contributed by atoms with Crippen LogP contribution in [0.4, 0.5) is 11.4 Å². The molecule has 0 saturated heterocycles. The molecule has 166 valence electrons. The molecular formula is C25H26N2O5. The molecule has 0 bridgehead atoms. The summed E-state index contributed by atoms with van der Waals surface area (Å²) >= 11 is 0. The smallest absolute Gasteiger partial charge is 0.262 e. The second kappa shape index (κ2) is 12.1. The molecule has 0 unspecified atom stereocenters. The minimum Gasteiger partial charge on any atom is -0.490 e. The highest BCUT2D eigenvalue weighted by molar-refractivity contribution is 6.06. The van der Waals surface area contributed by atoms with Gasteiger partial charge in [-0.05, 0) is 49.4 Å². The predicted octanol–water partition coefficient (Wildman–Crippen LogP) is 4.37. The number of benzene rings is 3. The van der Waals surface area contributed by atoms with Gasteiger partial charge in [0, 0.05) is 18.0 Å². The first-order valence-corrected chi connectivity index (χ1v) is 10.3. The van der Waals surface area contributed by atoms with Gasteiger partial charge in [0.25, 0.3) is 11.8 Å². The topological polar surface area (TPSA) is 85.9 Å². The molecule has 0 fully saturated rings. The minimum absolute atomic E-state index is 0.118. The average molecular weight is 434 g/mol. The maximum Gasteiger partial charge on any atom is 0.262 e. The quantitative estimate of drug-likeness (QED) is 0.438. The molecule has 0 saturated carbocycles. The van der Waals surface area contributed by atoms with Gasteiger partial charge >= 0.3 is 0 Å². The van der Waals surface area contributed by atoms with Crippen molar-refractivity contribution >= 4 is 23.2 Å². The average Bonchev–Trinajstić information content (AvgIpc) is 2.82. The first kappa shape index (κ1) is 22.8. The SMILES string of the molecule is CCOCCOc1ccccc1C(=O)Nc1cccc(NC(=O)COc2ccccc2)c1. The molecule has 0 spiro atoms. The van der Waals surface area contributed by atoms with Crippen LogP contribution >= 0.6 is 0 Å². The summed E-state index contributed by atoms with van der Waals surface area (Å²) < 4.78 is 16.4. The first-order valence-electron chi connectivity index (χ1n) is 10.3. The molecule has 3 aromatic rings. The van der Waals surface area contributed by atoms with Gasteiger partial charge in [-0.25, -0.2) is 0 Å². The standard InChI is InChI=1S/C25H26N2O5/c1-2-30-15-16-31-23-14-7-6-13-22(23)25(29)27-20-10-8-9-19(17-20)26-24(28)18-32-21-11-4-3-5-12-21/h3-14,17H,2,15-16,18H2,1H3,(H,26,28)(H,27,29). The number of hydrogen-bond donors (Lipinski definition) is 2. The van der Waals surface area contributed by atoms with Crippen LogP contribution in [0.1, 0.15) is 17.3 Å². The third-order valence-electron chi connectivity index (χ3n) is 4.34. The van der Waals surface area contributed by atoms with Crippen molar-refractivity contribution in [3.8, 4) is 11.5 Å². The lowest BCUT2D eigenvalue weighted by Gasteiger charge is -2.13. The molecule has 0 aliphatic rings. The summed E-state index contributed by atoms with van der Waals surface area (Å²) in [6.07, 6.45) is 0. The van der Waals surface area contributed by atoms with E-state index in [-0.39, 0.29) is 18.4 Å². The molecular weight excluding hydrogens is 408 g/mol. The molecule has 3 rings (SSSR count). The van der Waals surface area contributed by atoms with Crippen LogP contribution in [0.5, 0.6) is 11.5 Å². The van der Waals surface area contributed by atoms with Crippen molar-refractivity contribution in [1.82, 2.24) is 0 Å². The summed E-state index contributed by atoms with van der Waals surface area (Å²) in [5, 5.41) is 5.60. The van der Waals surface area contributed by atoms with Gasteiger partial charge in [-0.2, -0.15) is 0 Å². The highest BCUT2D eigenvalue weighted by atomic mass is 16.5. The first-order chi connectivity index (χ1) is 15.7. The van der Waals surface area contributed by atoms with Crippen LogP contribution in [-0.2, 0) is 9.53 Å². The van der Waals surface area contributed by atoms with E-state index in [0.717, 1.165) is 0 Å². The number of hydrogen-bond acceptors (Lipinski definition) is 5. The van der Waals surface area contributed by atoms with Gasteiger partial charge in [-0.3, -0.25) is 9.59 Å². The number of ether oxygens (including phenoxy) is 3. The van der Waals surface area contributed by atoms with Crippen LogP contribution < -0.4 is 20.1 Å². The van der Waals surface area contributed by atoms with Crippen LogP contribution in [0.2, 0.25) is 0 Å². The molecule has 2 N–H and O–H groups in total. The zero-order valence-corrected chi connectivity index (χ0v) is 17.9. The molecule has 0 atom stereocenters. The summed E-state index contributed by atoms with van der Waals surface area (Å²) in [7, 11) is 0. The lowest BCUT2D eigenvalue weighted by molar-refractivity contribution is -0.118. The molecule has 0 radical (unpaired) electrons. The summed E-state index contributed by atoms with van der Waals surface area (Å²) in [6, 6.07) is 23.0.